The molecular weight excluding hydrogens is 258 g/mol. The number of nitrogens with two attached hydrogens (primary N) is 1. The van der Waals surface area contributed by atoms with Gasteiger partial charge in [-0.05, 0) is 24.6 Å². The quantitative estimate of drug-likeness (QED) is 0.819. The highest BCUT2D eigenvalue weighted by atomic mass is 32.1. The summed E-state index contributed by atoms with van der Waals surface area (Å²) in [5.41, 5.74) is 7.96. The SMILES string of the molecule is CCc1ccc(CC(=O)c2csc(CCN)n2)nc1. The van der Waals surface area contributed by atoms with Crippen molar-refractivity contribution in [3.8, 4) is 0 Å². The number of ketones is 1. The first kappa shape index (κ1) is 13.8. The van der Waals surface area contributed by atoms with Gasteiger partial charge in [0, 0.05) is 23.7 Å². The van der Waals surface area contributed by atoms with E-state index < -0.39 is 0 Å². The van der Waals surface area contributed by atoms with Crippen LogP contribution in [0.1, 0.15) is 33.7 Å². The first-order valence-electron chi connectivity index (χ1n) is 6.34. The summed E-state index contributed by atoms with van der Waals surface area (Å²) in [6.45, 7) is 2.64. The highest BCUT2D eigenvalue weighted by molar-refractivity contribution is 7.09. The van der Waals surface area contributed by atoms with E-state index in [-0.39, 0.29) is 5.78 Å². The lowest BCUT2D eigenvalue weighted by Crippen LogP contribution is -2.07. The molecule has 0 aromatic carbocycles. The van der Waals surface area contributed by atoms with Gasteiger partial charge in [0.25, 0.3) is 0 Å². The van der Waals surface area contributed by atoms with Gasteiger partial charge in [-0.25, -0.2) is 4.98 Å². The Morgan fingerprint density at radius 2 is 2.26 bits per heavy atom. The van der Waals surface area contributed by atoms with Crippen LogP contribution in [0.2, 0.25) is 0 Å². The number of carbonyl (C=O) groups is 1. The minimum absolute atomic E-state index is 0.0104. The summed E-state index contributed by atoms with van der Waals surface area (Å²) in [6.07, 6.45) is 3.80. The number of hydrogen-bond acceptors (Lipinski definition) is 5. The summed E-state index contributed by atoms with van der Waals surface area (Å²) >= 11 is 1.49. The van der Waals surface area contributed by atoms with Gasteiger partial charge in [0.2, 0.25) is 0 Å². The third kappa shape index (κ3) is 3.68. The van der Waals surface area contributed by atoms with Crippen LogP contribution in [0, 0.1) is 0 Å². The van der Waals surface area contributed by atoms with Crippen molar-refractivity contribution < 1.29 is 4.79 Å². The smallest absolute Gasteiger partial charge is 0.187 e. The Hall–Kier alpha value is -1.59. The molecule has 19 heavy (non-hydrogen) atoms. The van der Waals surface area contributed by atoms with E-state index in [9.17, 15) is 4.79 Å². The average Bonchev–Trinajstić information content (AvgIpc) is 2.89. The van der Waals surface area contributed by atoms with Crippen LogP contribution in [0.4, 0.5) is 0 Å². The zero-order chi connectivity index (χ0) is 13.7. The molecule has 4 nitrogen and oxygen atoms in total. The lowest BCUT2D eigenvalue weighted by Gasteiger charge is -2.00. The molecule has 0 aliphatic heterocycles. The van der Waals surface area contributed by atoms with E-state index in [4.69, 9.17) is 5.73 Å². The Morgan fingerprint density at radius 1 is 1.42 bits per heavy atom. The molecule has 0 spiro atoms. The Bertz CT molecular complexity index is 548. The third-order valence-corrected chi connectivity index (χ3v) is 3.74. The van der Waals surface area contributed by atoms with Gasteiger partial charge < -0.3 is 5.73 Å². The summed E-state index contributed by atoms with van der Waals surface area (Å²) in [4.78, 5) is 20.6. The van der Waals surface area contributed by atoms with Crippen molar-refractivity contribution in [3.05, 3.63) is 45.7 Å². The van der Waals surface area contributed by atoms with E-state index in [2.05, 4.69) is 16.9 Å². The summed E-state index contributed by atoms with van der Waals surface area (Å²) in [5.74, 6) is 0.0104. The average molecular weight is 275 g/mol. The van der Waals surface area contributed by atoms with Crippen LogP contribution in [-0.4, -0.2) is 22.3 Å². The first-order valence-corrected chi connectivity index (χ1v) is 7.22. The number of pyridine rings is 1. The summed E-state index contributed by atoms with van der Waals surface area (Å²) in [6, 6.07) is 3.92. The van der Waals surface area contributed by atoms with Crippen molar-refractivity contribution >= 4 is 17.1 Å². The maximum absolute atomic E-state index is 12.1. The van der Waals surface area contributed by atoms with Crippen molar-refractivity contribution in [1.29, 1.82) is 0 Å². The fourth-order valence-electron chi connectivity index (χ4n) is 1.70. The second kappa shape index (κ2) is 6.54. The van der Waals surface area contributed by atoms with E-state index in [0.717, 1.165) is 23.5 Å². The predicted molar refractivity (Wildman–Crippen MR) is 76.5 cm³/mol. The second-order valence-corrected chi connectivity index (χ2v) is 5.22. The van der Waals surface area contributed by atoms with Crippen LogP contribution >= 0.6 is 11.3 Å². The molecule has 0 saturated carbocycles. The minimum Gasteiger partial charge on any atom is -0.330 e. The summed E-state index contributed by atoms with van der Waals surface area (Å²) in [5, 5.41) is 2.72. The molecule has 0 bridgehead atoms. The fraction of sp³-hybridized carbons (Fsp3) is 0.357. The Kier molecular flexibility index (Phi) is 4.76. The fourth-order valence-corrected chi connectivity index (χ4v) is 2.52. The van der Waals surface area contributed by atoms with Gasteiger partial charge in [-0.2, -0.15) is 0 Å². The molecule has 0 unspecified atom stereocenters. The molecule has 0 aliphatic rings. The number of carbonyl (C=O) groups excluding carboxylic acids is 1. The van der Waals surface area contributed by atoms with E-state index >= 15 is 0 Å². The molecule has 2 aromatic rings. The first-order chi connectivity index (χ1) is 9.22. The van der Waals surface area contributed by atoms with Crippen molar-refractivity contribution in [1.82, 2.24) is 9.97 Å². The molecule has 100 valence electrons. The van der Waals surface area contributed by atoms with Crippen molar-refractivity contribution in [3.63, 3.8) is 0 Å². The number of aromatic nitrogens is 2. The van der Waals surface area contributed by atoms with Gasteiger partial charge in [0.05, 0.1) is 11.4 Å². The van der Waals surface area contributed by atoms with E-state index in [1.807, 2.05) is 18.3 Å². The largest absolute Gasteiger partial charge is 0.330 e. The standard InChI is InChI=1S/C14H17N3OS/c1-2-10-3-4-11(16-8-10)7-13(18)12-9-19-14(17-12)5-6-15/h3-4,8-9H,2,5-7,15H2,1H3. The van der Waals surface area contributed by atoms with Crippen molar-refractivity contribution in [2.75, 3.05) is 6.54 Å². The highest BCUT2D eigenvalue weighted by Crippen LogP contribution is 2.12. The van der Waals surface area contributed by atoms with E-state index in [0.29, 0.717) is 18.7 Å². The summed E-state index contributed by atoms with van der Waals surface area (Å²) < 4.78 is 0. The molecule has 5 heteroatoms. The molecular formula is C14H17N3OS. The van der Waals surface area contributed by atoms with Crippen LogP contribution in [0.15, 0.2) is 23.7 Å². The normalized spacial score (nSPS) is 10.6. The Labute approximate surface area is 116 Å². The monoisotopic (exact) mass is 275 g/mol. The van der Waals surface area contributed by atoms with Crippen molar-refractivity contribution in [2.45, 2.75) is 26.2 Å². The Balaban J connectivity index is 2.02. The highest BCUT2D eigenvalue weighted by Gasteiger charge is 2.12. The van der Waals surface area contributed by atoms with Crippen LogP contribution in [0.5, 0.6) is 0 Å². The number of Topliss-reactive ketones (excluding diaryl/α,β-unsaturated/α-hetero) is 1. The molecule has 2 N–H and O–H groups in total. The maximum atomic E-state index is 12.1. The third-order valence-electron chi connectivity index (χ3n) is 2.83. The number of nitrogens with zero attached hydrogens (tertiary/aromatic N) is 2. The van der Waals surface area contributed by atoms with Crippen LogP contribution < -0.4 is 5.73 Å². The van der Waals surface area contributed by atoms with Crippen LogP contribution in [0.3, 0.4) is 0 Å². The van der Waals surface area contributed by atoms with E-state index in [1.54, 1.807) is 5.38 Å². The van der Waals surface area contributed by atoms with Crippen LogP contribution in [-0.2, 0) is 19.3 Å². The zero-order valence-corrected chi connectivity index (χ0v) is 11.7. The Morgan fingerprint density at radius 3 is 2.89 bits per heavy atom. The number of rotatable bonds is 6. The van der Waals surface area contributed by atoms with Gasteiger partial charge >= 0.3 is 0 Å². The predicted octanol–water partition coefficient (Wildman–Crippen LogP) is 2.03. The maximum Gasteiger partial charge on any atom is 0.187 e. The molecule has 0 saturated heterocycles. The number of thiazole rings is 1. The van der Waals surface area contributed by atoms with E-state index in [1.165, 1.54) is 16.9 Å². The minimum atomic E-state index is 0.0104. The van der Waals surface area contributed by atoms with Gasteiger partial charge in [-0.3, -0.25) is 9.78 Å². The molecule has 0 amide bonds. The lowest BCUT2D eigenvalue weighted by atomic mass is 10.1. The molecule has 0 fully saturated rings. The zero-order valence-electron chi connectivity index (χ0n) is 10.9. The lowest BCUT2D eigenvalue weighted by molar-refractivity contribution is 0.0987. The molecule has 2 aromatic heterocycles. The topological polar surface area (TPSA) is 68.9 Å². The van der Waals surface area contributed by atoms with Crippen LogP contribution in [0.25, 0.3) is 0 Å². The molecule has 2 rings (SSSR count). The van der Waals surface area contributed by atoms with Gasteiger partial charge in [0.15, 0.2) is 5.78 Å². The van der Waals surface area contributed by atoms with Gasteiger partial charge in [-0.1, -0.05) is 13.0 Å². The molecule has 2 heterocycles. The number of aryl methyl sites for hydroxylation is 1. The van der Waals surface area contributed by atoms with Gasteiger partial charge in [0.1, 0.15) is 5.69 Å². The van der Waals surface area contributed by atoms with Gasteiger partial charge in [-0.15, -0.1) is 11.3 Å². The second-order valence-electron chi connectivity index (χ2n) is 4.28. The number of hydrogen-bond donors (Lipinski definition) is 1. The molecule has 0 aliphatic carbocycles. The molecule has 0 atom stereocenters. The summed E-state index contributed by atoms with van der Waals surface area (Å²) in [7, 11) is 0. The molecule has 0 radical (unpaired) electrons. The van der Waals surface area contributed by atoms with Crippen molar-refractivity contribution in [2.24, 2.45) is 5.73 Å².